The average Bonchev–Trinajstić information content (AvgIpc) is 2.36. The van der Waals surface area contributed by atoms with Crippen molar-refractivity contribution in [3.05, 3.63) is 29.8 Å². The lowest BCUT2D eigenvalue weighted by atomic mass is 10.1. The van der Waals surface area contributed by atoms with Gasteiger partial charge in [0, 0.05) is 0 Å². The molecule has 86 valence electrons. The second kappa shape index (κ2) is 5.51. The van der Waals surface area contributed by atoms with E-state index < -0.39 is 17.1 Å². The molecule has 0 fully saturated rings. The van der Waals surface area contributed by atoms with Gasteiger partial charge >= 0.3 is 5.97 Å². The number of alkyl halides is 1. The zero-order valence-electron chi connectivity index (χ0n) is 8.90. The van der Waals surface area contributed by atoms with Gasteiger partial charge in [-0.25, -0.2) is 4.79 Å². The lowest BCUT2D eigenvalue weighted by molar-refractivity contribution is -0.151. The molecule has 1 atom stereocenters. The van der Waals surface area contributed by atoms with Crippen molar-refractivity contribution in [3.8, 4) is 5.75 Å². The summed E-state index contributed by atoms with van der Waals surface area (Å²) < 4.78 is 9.29. The topological polar surface area (TPSA) is 52.6 Å². The van der Waals surface area contributed by atoms with Gasteiger partial charge in [-0.15, -0.1) is 11.6 Å². The minimum atomic E-state index is -1.05. The number of carbonyl (C=O) groups excluding carboxylic acids is 2. The number of esters is 1. The number of halogens is 1. The molecule has 0 aromatic heterocycles. The Labute approximate surface area is 98.1 Å². The van der Waals surface area contributed by atoms with E-state index in [0.717, 1.165) is 7.11 Å². The quantitative estimate of drug-likeness (QED) is 0.458. The zero-order chi connectivity index (χ0) is 12.1. The highest BCUT2D eigenvalue weighted by atomic mass is 35.5. The van der Waals surface area contributed by atoms with Crippen molar-refractivity contribution < 1.29 is 19.1 Å². The summed E-state index contributed by atoms with van der Waals surface area (Å²) in [6.45, 7) is 0. The van der Waals surface area contributed by atoms with Crippen LogP contribution in [0.1, 0.15) is 10.9 Å². The normalized spacial score (nSPS) is 11.7. The molecule has 0 aliphatic heterocycles. The molecule has 1 unspecified atom stereocenters. The fourth-order valence-electron chi connectivity index (χ4n) is 1.15. The van der Waals surface area contributed by atoms with E-state index in [9.17, 15) is 9.59 Å². The fraction of sp³-hybridized carbons (Fsp3) is 0.273. The number of Topliss-reactive ketones (excluding diaryl/α,β-unsaturated/α-hetero) is 1. The average molecular weight is 243 g/mol. The number of benzene rings is 1. The van der Waals surface area contributed by atoms with Crippen LogP contribution in [0, 0.1) is 0 Å². The van der Waals surface area contributed by atoms with Gasteiger partial charge < -0.3 is 9.47 Å². The molecule has 0 heterocycles. The van der Waals surface area contributed by atoms with Crippen molar-refractivity contribution in [2.45, 2.75) is 5.38 Å². The summed E-state index contributed by atoms with van der Waals surface area (Å²) in [6, 6.07) is 6.64. The standard InChI is InChI=1S/C11H11ClO4/c1-15-8-5-3-4-7(6-8)9(12)10(13)11(14)16-2/h3-6,9H,1-2H3. The molecule has 0 spiro atoms. The van der Waals surface area contributed by atoms with Crippen molar-refractivity contribution in [3.63, 3.8) is 0 Å². The number of carbonyl (C=O) groups is 2. The molecule has 4 nitrogen and oxygen atoms in total. The maximum atomic E-state index is 11.4. The van der Waals surface area contributed by atoms with Crippen LogP contribution in [-0.2, 0) is 14.3 Å². The molecule has 5 heteroatoms. The smallest absolute Gasteiger partial charge is 0.376 e. The minimum absolute atomic E-state index is 0.497. The first-order chi connectivity index (χ1) is 7.60. The Morgan fingerprint density at radius 2 is 2.00 bits per heavy atom. The summed E-state index contributed by atoms with van der Waals surface area (Å²) in [5, 5.41) is -1.05. The van der Waals surface area contributed by atoms with Crippen molar-refractivity contribution in [2.75, 3.05) is 14.2 Å². The molecule has 0 aliphatic rings. The Bertz CT molecular complexity index is 403. The van der Waals surface area contributed by atoms with Crippen molar-refractivity contribution in [2.24, 2.45) is 0 Å². The van der Waals surface area contributed by atoms with Crippen LogP contribution in [0.4, 0.5) is 0 Å². The molecule has 1 aromatic rings. The number of rotatable bonds is 4. The van der Waals surface area contributed by atoms with Crippen molar-refractivity contribution in [1.29, 1.82) is 0 Å². The van der Waals surface area contributed by atoms with Crippen molar-refractivity contribution >= 4 is 23.4 Å². The Kier molecular flexibility index (Phi) is 4.31. The molecule has 0 radical (unpaired) electrons. The van der Waals surface area contributed by atoms with E-state index in [1.807, 2.05) is 0 Å². The molecule has 0 aliphatic carbocycles. The van der Waals surface area contributed by atoms with Crippen LogP contribution in [0.25, 0.3) is 0 Å². The van der Waals surface area contributed by atoms with Gasteiger partial charge in [0.2, 0.25) is 0 Å². The Hall–Kier alpha value is -1.55. The number of hydrogen-bond acceptors (Lipinski definition) is 4. The molecule has 1 aromatic carbocycles. The number of ketones is 1. The highest BCUT2D eigenvalue weighted by Crippen LogP contribution is 2.25. The predicted molar refractivity (Wildman–Crippen MR) is 58.6 cm³/mol. The first-order valence-electron chi connectivity index (χ1n) is 4.50. The summed E-state index contributed by atoms with van der Waals surface area (Å²) in [6.07, 6.45) is 0. The third kappa shape index (κ3) is 2.73. The van der Waals surface area contributed by atoms with E-state index in [1.54, 1.807) is 24.3 Å². The third-order valence-corrected chi connectivity index (χ3v) is 2.45. The second-order valence-electron chi connectivity index (χ2n) is 3.00. The van der Waals surface area contributed by atoms with E-state index in [1.165, 1.54) is 7.11 Å². The van der Waals surface area contributed by atoms with Crippen LogP contribution in [0.5, 0.6) is 5.75 Å². The van der Waals surface area contributed by atoms with Crippen LogP contribution in [0.15, 0.2) is 24.3 Å². The Morgan fingerprint density at radius 3 is 2.56 bits per heavy atom. The summed E-state index contributed by atoms with van der Waals surface area (Å²) in [7, 11) is 2.64. The lowest BCUT2D eigenvalue weighted by Gasteiger charge is -2.08. The minimum Gasteiger partial charge on any atom is -0.497 e. The van der Waals surface area contributed by atoms with Crippen LogP contribution in [0.3, 0.4) is 0 Å². The molecule has 0 N–H and O–H groups in total. The number of methoxy groups -OCH3 is 2. The first-order valence-corrected chi connectivity index (χ1v) is 4.94. The second-order valence-corrected chi connectivity index (χ2v) is 3.43. The van der Waals surface area contributed by atoms with E-state index in [0.29, 0.717) is 11.3 Å². The number of hydrogen-bond donors (Lipinski definition) is 0. The van der Waals surface area contributed by atoms with Gasteiger partial charge in [0.15, 0.2) is 0 Å². The molecule has 1 rings (SSSR count). The Morgan fingerprint density at radius 1 is 1.31 bits per heavy atom. The van der Waals surface area contributed by atoms with E-state index >= 15 is 0 Å². The Balaban J connectivity index is 2.91. The third-order valence-electron chi connectivity index (χ3n) is 2.00. The lowest BCUT2D eigenvalue weighted by Crippen LogP contribution is -2.20. The van der Waals surface area contributed by atoms with E-state index in [-0.39, 0.29) is 0 Å². The van der Waals surface area contributed by atoms with Crippen LogP contribution in [-0.4, -0.2) is 26.0 Å². The monoisotopic (exact) mass is 242 g/mol. The molecular formula is C11H11ClO4. The zero-order valence-corrected chi connectivity index (χ0v) is 9.65. The van der Waals surface area contributed by atoms with Gasteiger partial charge in [-0.05, 0) is 17.7 Å². The summed E-state index contributed by atoms with van der Waals surface area (Å²) in [5.41, 5.74) is 0.497. The molecule has 0 bridgehead atoms. The molecule has 16 heavy (non-hydrogen) atoms. The molecule has 0 amide bonds. The highest BCUT2D eigenvalue weighted by molar-refractivity contribution is 6.47. The maximum Gasteiger partial charge on any atom is 0.376 e. The maximum absolute atomic E-state index is 11.4. The predicted octanol–water partition coefficient (Wildman–Crippen LogP) is 1.72. The van der Waals surface area contributed by atoms with Gasteiger partial charge in [0.05, 0.1) is 14.2 Å². The van der Waals surface area contributed by atoms with E-state index in [4.69, 9.17) is 16.3 Å². The summed E-state index contributed by atoms with van der Waals surface area (Å²) >= 11 is 5.85. The molecule has 0 saturated carbocycles. The van der Waals surface area contributed by atoms with Gasteiger partial charge in [0.25, 0.3) is 5.78 Å². The summed E-state index contributed by atoms with van der Waals surface area (Å²) in [4.78, 5) is 22.4. The van der Waals surface area contributed by atoms with Crippen LogP contribution in [0.2, 0.25) is 0 Å². The van der Waals surface area contributed by atoms with Crippen molar-refractivity contribution in [1.82, 2.24) is 0 Å². The summed E-state index contributed by atoms with van der Waals surface area (Å²) in [5.74, 6) is -1.18. The van der Waals surface area contributed by atoms with E-state index in [2.05, 4.69) is 4.74 Å². The van der Waals surface area contributed by atoms with Gasteiger partial charge in [0.1, 0.15) is 11.1 Å². The first kappa shape index (κ1) is 12.5. The fourth-order valence-corrected chi connectivity index (χ4v) is 1.38. The molecule has 0 saturated heterocycles. The highest BCUT2D eigenvalue weighted by Gasteiger charge is 2.25. The number of ether oxygens (including phenoxy) is 2. The largest absolute Gasteiger partial charge is 0.497 e. The van der Waals surface area contributed by atoms with Crippen LogP contribution >= 0.6 is 11.6 Å². The van der Waals surface area contributed by atoms with Gasteiger partial charge in [-0.1, -0.05) is 12.1 Å². The SMILES string of the molecule is COC(=O)C(=O)C(Cl)c1cccc(OC)c1. The van der Waals surface area contributed by atoms with Gasteiger partial charge in [-0.2, -0.15) is 0 Å². The van der Waals surface area contributed by atoms with Gasteiger partial charge in [-0.3, -0.25) is 4.79 Å². The van der Waals surface area contributed by atoms with Crippen LogP contribution < -0.4 is 4.74 Å². The molecular weight excluding hydrogens is 232 g/mol.